The zero-order chi connectivity index (χ0) is 19.8. The second kappa shape index (κ2) is 7.28. The topological polar surface area (TPSA) is 91.9 Å². The molecule has 4 rings (SSSR count). The van der Waals surface area contributed by atoms with Gasteiger partial charge in [-0.25, -0.2) is 19.4 Å². The lowest BCUT2D eigenvalue weighted by Crippen LogP contribution is -2.21. The van der Waals surface area contributed by atoms with Gasteiger partial charge in [0.2, 0.25) is 0 Å². The number of rotatable bonds is 4. The van der Waals surface area contributed by atoms with Crippen LogP contribution in [0.2, 0.25) is 0 Å². The molecule has 0 radical (unpaired) electrons. The van der Waals surface area contributed by atoms with E-state index in [1.54, 1.807) is 23.9 Å². The average molecular weight is 460 g/mol. The van der Waals surface area contributed by atoms with Crippen LogP contribution in [0.15, 0.2) is 45.4 Å². The summed E-state index contributed by atoms with van der Waals surface area (Å²) >= 11 is 4.78. The van der Waals surface area contributed by atoms with E-state index in [2.05, 4.69) is 31.0 Å². The quantitative estimate of drug-likeness (QED) is 0.435. The molecule has 0 N–H and O–H groups in total. The molecule has 142 valence electrons. The van der Waals surface area contributed by atoms with Gasteiger partial charge in [-0.2, -0.15) is 5.10 Å². The van der Waals surface area contributed by atoms with Gasteiger partial charge in [-0.05, 0) is 28.1 Å². The van der Waals surface area contributed by atoms with Gasteiger partial charge in [-0.15, -0.1) is 11.3 Å². The number of hydrogen-bond donors (Lipinski definition) is 0. The largest absolute Gasteiger partial charge is 0.465 e. The van der Waals surface area contributed by atoms with Crippen molar-refractivity contribution in [3.63, 3.8) is 0 Å². The molecule has 0 fully saturated rings. The maximum absolute atomic E-state index is 12.7. The van der Waals surface area contributed by atoms with E-state index in [-0.39, 0.29) is 11.5 Å². The molecule has 0 aliphatic heterocycles. The second-order valence-corrected chi connectivity index (χ2v) is 7.61. The first-order valence-electron chi connectivity index (χ1n) is 8.18. The maximum atomic E-state index is 12.7. The van der Waals surface area contributed by atoms with E-state index in [4.69, 9.17) is 4.74 Å². The van der Waals surface area contributed by atoms with Gasteiger partial charge in [0.1, 0.15) is 21.3 Å². The number of carbonyl (C=O) groups excluding carboxylic acids is 1. The Labute approximate surface area is 171 Å². The molecule has 3 heterocycles. The summed E-state index contributed by atoms with van der Waals surface area (Å²) in [4.78, 5) is 33.2. The summed E-state index contributed by atoms with van der Waals surface area (Å²) in [6.45, 7) is 0.305. The molecule has 0 saturated carbocycles. The zero-order valence-corrected chi connectivity index (χ0v) is 17.3. The summed E-state index contributed by atoms with van der Waals surface area (Å²) in [5.74, 6) is -0.379. The minimum absolute atomic E-state index is 0.179. The number of carbonyl (C=O) groups is 1. The molecule has 0 aliphatic rings. The molecular formula is C18H14BrN5O3S. The van der Waals surface area contributed by atoms with Gasteiger partial charge in [0.15, 0.2) is 5.65 Å². The second-order valence-electron chi connectivity index (χ2n) is 6.00. The van der Waals surface area contributed by atoms with Crippen molar-refractivity contribution >= 4 is 44.3 Å². The highest BCUT2D eigenvalue weighted by molar-refractivity contribution is 9.10. The Morgan fingerprint density at radius 2 is 2.04 bits per heavy atom. The van der Waals surface area contributed by atoms with Crippen LogP contribution in [0.5, 0.6) is 0 Å². The number of methoxy groups -OCH3 is 1. The molecule has 28 heavy (non-hydrogen) atoms. The van der Waals surface area contributed by atoms with Crippen molar-refractivity contribution in [2.45, 2.75) is 6.54 Å². The van der Waals surface area contributed by atoms with Crippen LogP contribution in [0, 0.1) is 0 Å². The lowest BCUT2D eigenvalue weighted by Gasteiger charge is -2.03. The predicted octanol–water partition coefficient (Wildman–Crippen LogP) is 2.85. The lowest BCUT2D eigenvalue weighted by molar-refractivity contribution is 0.0601. The minimum atomic E-state index is -0.379. The summed E-state index contributed by atoms with van der Waals surface area (Å²) in [5, 5.41) is 7.33. The maximum Gasteiger partial charge on any atom is 0.337 e. The number of ether oxygens (including phenoxy) is 1. The number of benzene rings is 1. The Balaban J connectivity index is 1.61. The zero-order valence-electron chi connectivity index (χ0n) is 14.9. The molecule has 8 nitrogen and oxygen atoms in total. The van der Waals surface area contributed by atoms with Crippen LogP contribution in [-0.2, 0) is 18.3 Å². The number of thiazole rings is 1. The van der Waals surface area contributed by atoms with Gasteiger partial charge < -0.3 is 4.74 Å². The minimum Gasteiger partial charge on any atom is -0.465 e. The van der Waals surface area contributed by atoms with Crippen LogP contribution in [0.1, 0.15) is 16.1 Å². The number of aryl methyl sites for hydroxylation is 1. The molecule has 0 saturated heterocycles. The van der Waals surface area contributed by atoms with Gasteiger partial charge in [0.05, 0.1) is 24.9 Å². The lowest BCUT2D eigenvalue weighted by atomic mass is 10.1. The van der Waals surface area contributed by atoms with E-state index >= 15 is 0 Å². The monoisotopic (exact) mass is 459 g/mol. The van der Waals surface area contributed by atoms with Crippen LogP contribution in [0.3, 0.4) is 0 Å². The molecule has 0 unspecified atom stereocenters. The molecule has 0 bridgehead atoms. The summed E-state index contributed by atoms with van der Waals surface area (Å²) in [6.07, 6.45) is 1.50. The van der Waals surface area contributed by atoms with E-state index in [0.717, 1.165) is 16.3 Å². The van der Waals surface area contributed by atoms with Gasteiger partial charge in [0, 0.05) is 18.0 Å². The first-order valence-corrected chi connectivity index (χ1v) is 9.86. The van der Waals surface area contributed by atoms with Crippen LogP contribution >= 0.6 is 27.3 Å². The van der Waals surface area contributed by atoms with Gasteiger partial charge in [0.25, 0.3) is 5.56 Å². The SMILES string of the molecule is COC(=O)c1ccc(-c2nc(Cn3cnc4c(c(Br)nn4C)c3=O)cs2)cc1. The Morgan fingerprint density at radius 3 is 2.75 bits per heavy atom. The van der Waals surface area contributed by atoms with Gasteiger partial charge >= 0.3 is 5.97 Å². The van der Waals surface area contributed by atoms with Crippen molar-refractivity contribution in [3.8, 4) is 10.6 Å². The number of esters is 1. The summed E-state index contributed by atoms with van der Waals surface area (Å²) < 4.78 is 8.25. The van der Waals surface area contributed by atoms with Crippen molar-refractivity contribution < 1.29 is 9.53 Å². The number of fused-ring (bicyclic) bond motifs is 1. The van der Waals surface area contributed by atoms with E-state index in [1.165, 1.54) is 29.3 Å². The number of halogens is 1. The Bertz CT molecular complexity index is 1240. The highest BCUT2D eigenvalue weighted by Gasteiger charge is 2.15. The fourth-order valence-electron chi connectivity index (χ4n) is 2.80. The van der Waals surface area contributed by atoms with Crippen molar-refractivity contribution in [1.82, 2.24) is 24.3 Å². The highest BCUT2D eigenvalue weighted by atomic mass is 79.9. The highest BCUT2D eigenvalue weighted by Crippen LogP contribution is 2.25. The van der Waals surface area contributed by atoms with Crippen molar-refractivity contribution in [1.29, 1.82) is 0 Å². The smallest absolute Gasteiger partial charge is 0.337 e. The molecule has 0 spiro atoms. The van der Waals surface area contributed by atoms with Crippen LogP contribution in [-0.4, -0.2) is 37.4 Å². The van der Waals surface area contributed by atoms with Gasteiger partial charge in [-0.1, -0.05) is 12.1 Å². The Kier molecular flexibility index (Phi) is 4.82. The van der Waals surface area contributed by atoms with E-state index in [9.17, 15) is 9.59 Å². The van der Waals surface area contributed by atoms with Crippen LogP contribution < -0.4 is 5.56 Å². The van der Waals surface area contributed by atoms with E-state index in [0.29, 0.717) is 27.7 Å². The standard InChI is InChI=1S/C18H14BrN5O3S/c1-23-15-13(14(19)22-23)17(25)24(9-20-15)7-12-8-28-16(21-12)10-3-5-11(6-4-10)18(26)27-2/h3-6,8-9H,7H2,1-2H3. The number of aromatic nitrogens is 5. The molecule has 1 aromatic carbocycles. The number of hydrogen-bond acceptors (Lipinski definition) is 7. The van der Waals surface area contributed by atoms with Gasteiger partial charge in [-0.3, -0.25) is 9.36 Å². The normalized spacial score (nSPS) is 11.1. The summed E-state index contributed by atoms with van der Waals surface area (Å²) in [7, 11) is 3.09. The predicted molar refractivity (Wildman–Crippen MR) is 108 cm³/mol. The van der Waals surface area contributed by atoms with E-state index < -0.39 is 0 Å². The first-order chi connectivity index (χ1) is 13.5. The third-order valence-electron chi connectivity index (χ3n) is 4.21. The third kappa shape index (κ3) is 3.25. The van der Waals surface area contributed by atoms with Crippen LogP contribution in [0.4, 0.5) is 0 Å². The first kappa shape index (κ1) is 18.5. The molecule has 4 aromatic rings. The fraction of sp³-hybridized carbons (Fsp3) is 0.167. The van der Waals surface area contributed by atoms with Crippen molar-refractivity contribution in [2.24, 2.45) is 7.05 Å². The number of nitrogens with zero attached hydrogens (tertiary/aromatic N) is 5. The Morgan fingerprint density at radius 1 is 1.29 bits per heavy atom. The molecule has 10 heteroatoms. The molecule has 0 aliphatic carbocycles. The van der Waals surface area contributed by atoms with Crippen molar-refractivity contribution in [2.75, 3.05) is 7.11 Å². The van der Waals surface area contributed by atoms with E-state index in [1.807, 2.05) is 17.5 Å². The Hall–Kier alpha value is -2.85. The van der Waals surface area contributed by atoms with Crippen LogP contribution in [0.25, 0.3) is 21.6 Å². The molecule has 3 aromatic heterocycles. The summed E-state index contributed by atoms with van der Waals surface area (Å²) in [6, 6.07) is 7.04. The molecule has 0 atom stereocenters. The average Bonchev–Trinajstić information content (AvgIpc) is 3.28. The summed E-state index contributed by atoms with van der Waals surface area (Å²) in [5.41, 5.74) is 2.47. The fourth-order valence-corrected chi connectivity index (χ4v) is 4.20. The molecular weight excluding hydrogens is 446 g/mol. The van der Waals surface area contributed by atoms with Crippen molar-refractivity contribution in [3.05, 3.63) is 62.2 Å². The third-order valence-corrected chi connectivity index (χ3v) is 5.70. The molecule has 0 amide bonds.